The molecular formula is C15H19BrN2O2. The van der Waals surface area contributed by atoms with Crippen LogP contribution in [0.3, 0.4) is 0 Å². The summed E-state index contributed by atoms with van der Waals surface area (Å²) < 4.78 is 0.535. The van der Waals surface area contributed by atoms with E-state index in [1.165, 1.54) is 38.5 Å². The molecule has 108 valence electrons. The molecule has 2 unspecified atom stereocenters. The van der Waals surface area contributed by atoms with Crippen molar-refractivity contribution in [1.29, 1.82) is 0 Å². The number of nitro groups is 1. The minimum absolute atomic E-state index is 0.129. The van der Waals surface area contributed by atoms with Crippen LogP contribution in [0.4, 0.5) is 11.4 Å². The molecular weight excluding hydrogens is 320 g/mol. The SMILES string of the molecule is O=[N+]([O-])c1cc(NC2CCCC(C3CC3)C2)ccc1Br. The molecule has 0 aromatic heterocycles. The summed E-state index contributed by atoms with van der Waals surface area (Å²) in [7, 11) is 0. The van der Waals surface area contributed by atoms with Crippen LogP contribution in [0.1, 0.15) is 38.5 Å². The van der Waals surface area contributed by atoms with Crippen LogP contribution in [0.15, 0.2) is 22.7 Å². The number of hydrogen-bond donors (Lipinski definition) is 1. The maximum Gasteiger partial charge on any atom is 0.285 e. The molecule has 2 aliphatic rings. The van der Waals surface area contributed by atoms with Gasteiger partial charge in [0.1, 0.15) is 0 Å². The van der Waals surface area contributed by atoms with E-state index in [0.29, 0.717) is 10.5 Å². The molecule has 1 aromatic rings. The lowest BCUT2D eigenvalue weighted by Gasteiger charge is -2.30. The Morgan fingerprint density at radius 3 is 2.70 bits per heavy atom. The predicted octanol–water partition coefficient (Wildman–Crippen LogP) is 4.74. The summed E-state index contributed by atoms with van der Waals surface area (Å²) in [4.78, 5) is 10.6. The molecule has 0 aliphatic heterocycles. The van der Waals surface area contributed by atoms with Crippen LogP contribution in [0.2, 0.25) is 0 Å². The molecule has 0 bridgehead atoms. The highest BCUT2D eigenvalue weighted by Gasteiger charge is 2.34. The van der Waals surface area contributed by atoms with E-state index < -0.39 is 0 Å². The van der Waals surface area contributed by atoms with Gasteiger partial charge in [-0.3, -0.25) is 10.1 Å². The quantitative estimate of drug-likeness (QED) is 0.637. The second-order valence-corrected chi connectivity index (χ2v) is 6.88. The Hall–Kier alpha value is -1.10. The Labute approximate surface area is 127 Å². The number of nitrogens with one attached hydrogen (secondary N) is 1. The Bertz CT molecular complexity index is 517. The van der Waals surface area contributed by atoms with E-state index in [0.717, 1.165) is 17.5 Å². The van der Waals surface area contributed by atoms with Crippen molar-refractivity contribution in [3.05, 3.63) is 32.8 Å². The number of nitro benzene ring substituents is 1. The van der Waals surface area contributed by atoms with Gasteiger partial charge < -0.3 is 5.32 Å². The second kappa shape index (κ2) is 5.72. The monoisotopic (exact) mass is 338 g/mol. The molecule has 3 rings (SSSR count). The van der Waals surface area contributed by atoms with Crippen LogP contribution < -0.4 is 5.32 Å². The molecule has 5 heteroatoms. The van der Waals surface area contributed by atoms with Gasteiger partial charge in [-0.2, -0.15) is 0 Å². The summed E-state index contributed by atoms with van der Waals surface area (Å²) in [6, 6.07) is 5.76. The van der Waals surface area contributed by atoms with Gasteiger partial charge in [0.05, 0.1) is 9.40 Å². The summed E-state index contributed by atoms with van der Waals surface area (Å²) in [6.07, 6.45) is 7.84. The van der Waals surface area contributed by atoms with Crippen molar-refractivity contribution < 1.29 is 4.92 Å². The van der Waals surface area contributed by atoms with Gasteiger partial charge in [-0.1, -0.05) is 12.8 Å². The number of benzene rings is 1. The van der Waals surface area contributed by atoms with Gasteiger partial charge in [-0.25, -0.2) is 0 Å². The van der Waals surface area contributed by atoms with Crippen LogP contribution in [0.25, 0.3) is 0 Å². The highest BCUT2D eigenvalue weighted by molar-refractivity contribution is 9.10. The molecule has 1 N–H and O–H groups in total. The first kappa shape index (κ1) is 13.9. The van der Waals surface area contributed by atoms with Gasteiger partial charge in [0.15, 0.2) is 0 Å². The van der Waals surface area contributed by atoms with Gasteiger partial charge in [-0.05, 0) is 65.6 Å². The van der Waals surface area contributed by atoms with Crippen LogP contribution in [0, 0.1) is 22.0 Å². The average molecular weight is 339 g/mol. The Balaban J connectivity index is 1.67. The second-order valence-electron chi connectivity index (χ2n) is 6.03. The van der Waals surface area contributed by atoms with Crippen molar-refractivity contribution >= 4 is 27.3 Å². The smallest absolute Gasteiger partial charge is 0.285 e. The number of halogens is 1. The fourth-order valence-electron chi connectivity index (χ4n) is 3.33. The lowest BCUT2D eigenvalue weighted by Crippen LogP contribution is -2.28. The summed E-state index contributed by atoms with van der Waals surface area (Å²) in [6.45, 7) is 0. The summed E-state index contributed by atoms with van der Waals surface area (Å²) in [5.41, 5.74) is 0.992. The fraction of sp³-hybridized carbons (Fsp3) is 0.600. The molecule has 2 saturated carbocycles. The molecule has 0 amide bonds. The predicted molar refractivity (Wildman–Crippen MR) is 82.9 cm³/mol. The van der Waals surface area contributed by atoms with E-state index >= 15 is 0 Å². The lowest BCUT2D eigenvalue weighted by atomic mass is 9.82. The summed E-state index contributed by atoms with van der Waals surface area (Å²) in [5, 5.41) is 14.5. The Morgan fingerprint density at radius 1 is 1.20 bits per heavy atom. The van der Waals surface area contributed by atoms with Crippen molar-refractivity contribution in [1.82, 2.24) is 0 Å². The van der Waals surface area contributed by atoms with E-state index in [1.807, 2.05) is 6.07 Å². The first-order chi connectivity index (χ1) is 9.63. The first-order valence-electron chi connectivity index (χ1n) is 7.34. The lowest BCUT2D eigenvalue weighted by molar-refractivity contribution is -0.385. The Kier molecular flexibility index (Phi) is 3.96. The van der Waals surface area contributed by atoms with Crippen LogP contribution in [0.5, 0.6) is 0 Å². The number of hydrogen-bond acceptors (Lipinski definition) is 3. The first-order valence-corrected chi connectivity index (χ1v) is 8.13. The van der Waals surface area contributed by atoms with Crippen LogP contribution in [-0.2, 0) is 0 Å². The number of anilines is 1. The van der Waals surface area contributed by atoms with Crippen LogP contribution >= 0.6 is 15.9 Å². The zero-order valence-electron chi connectivity index (χ0n) is 11.3. The number of nitrogens with zero attached hydrogens (tertiary/aromatic N) is 1. The molecule has 0 saturated heterocycles. The minimum atomic E-state index is -0.344. The molecule has 2 atom stereocenters. The van der Waals surface area contributed by atoms with Crippen LogP contribution in [-0.4, -0.2) is 11.0 Å². The van der Waals surface area contributed by atoms with Gasteiger partial charge in [0.25, 0.3) is 5.69 Å². The minimum Gasteiger partial charge on any atom is -0.382 e. The highest BCUT2D eigenvalue weighted by Crippen LogP contribution is 2.44. The van der Waals surface area contributed by atoms with Gasteiger partial charge in [0.2, 0.25) is 0 Å². The molecule has 20 heavy (non-hydrogen) atoms. The summed E-state index contributed by atoms with van der Waals surface area (Å²) in [5.74, 6) is 1.82. The van der Waals surface area contributed by atoms with E-state index in [4.69, 9.17) is 0 Å². The number of rotatable bonds is 4. The van der Waals surface area contributed by atoms with Gasteiger partial charge >= 0.3 is 0 Å². The van der Waals surface area contributed by atoms with E-state index in [1.54, 1.807) is 12.1 Å². The molecule has 1 aromatic carbocycles. The molecule has 4 nitrogen and oxygen atoms in total. The fourth-order valence-corrected chi connectivity index (χ4v) is 3.72. The van der Waals surface area contributed by atoms with Crippen molar-refractivity contribution in [3.8, 4) is 0 Å². The van der Waals surface area contributed by atoms with Crippen molar-refractivity contribution in [3.63, 3.8) is 0 Å². The molecule has 0 radical (unpaired) electrons. The standard InChI is InChI=1S/C15H19BrN2O2/c16-14-7-6-13(9-15(14)18(19)20)17-12-3-1-2-11(8-12)10-4-5-10/h6-7,9-12,17H,1-5,8H2. The Morgan fingerprint density at radius 2 is 2.00 bits per heavy atom. The van der Waals surface area contributed by atoms with Crippen molar-refractivity contribution in [2.24, 2.45) is 11.8 Å². The van der Waals surface area contributed by atoms with Crippen molar-refractivity contribution in [2.45, 2.75) is 44.6 Å². The average Bonchev–Trinajstić information content (AvgIpc) is 3.25. The summed E-state index contributed by atoms with van der Waals surface area (Å²) >= 11 is 3.22. The topological polar surface area (TPSA) is 55.2 Å². The van der Waals surface area contributed by atoms with E-state index in [9.17, 15) is 10.1 Å². The highest BCUT2D eigenvalue weighted by atomic mass is 79.9. The van der Waals surface area contributed by atoms with Gasteiger partial charge in [0, 0.05) is 17.8 Å². The maximum atomic E-state index is 11.0. The largest absolute Gasteiger partial charge is 0.382 e. The molecule has 2 fully saturated rings. The third-order valence-corrected chi connectivity index (χ3v) is 5.19. The normalized spacial score (nSPS) is 26.2. The van der Waals surface area contributed by atoms with E-state index in [-0.39, 0.29) is 10.6 Å². The molecule has 0 heterocycles. The van der Waals surface area contributed by atoms with Gasteiger partial charge in [-0.15, -0.1) is 0 Å². The zero-order valence-corrected chi connectivity index (χ0v) is 12.9. The van der Waals surface area contributed by atoms with Crippen molar-refractivity contribution in [2.75, 3.05) is 5.32 Å². The third-order valence-electron chi connectivity index (χ3n) is 4.52. The molecule has 0 spiro atoms. The maximum absolute atomic E-state index is 11.0. The zero-order chi connectivity index (χ0) is 14.1. The molecule has 2 aliphatic carbocycles. The third kappa shape index (κ3) is 3.14. The van der Waals surface area contributed by atoms with E-state index in [2.05, 4.69) is 21.2 Å².